The van der Waals surface area contributed by atoms with E-state index in [1.54, 1.807) is 0 Å². The van der Waals surface area contributed by atoms with Gasteiger partial charge in [0, 0.05) is 35.8 Å². The van der Waals surface area contributed by atoms with Crippen molar-refractivity contribution in [3.8, 4) is 0 Å². The van der Waals surface area contributed by atoms with Crippen LogP contribution < -0.4 is 10.6 Å². The maximum absolute atomic E-state index is 6.00. The maximum atomic E-state index is 6.00. The Labute approximate surface area is 139 Å². The lowest BCUT2D eigenvalue weighted by Crippen LogP contribution is -2.71. The summed E-state index contributed by atoms with van der Waals surface area (Å²) in [6, 6.07) is 0.479. The highest BCUT2D eigenvalue weighted by atomic mass is 32.2. The van der Waals surface area contributed by atoms with Crippen LogP contribution in [-0.2, 0) is 4.74 Å². The van der Waals surface area contributed by atoms with Crippen molar-refractivity contribution in [2.24, 2.45) is 16.3 Å². The molecule has 0 aromatic carbocycles. The molecule has 1 aliphatic carbocycles. The van der Waals surface area contributed by atoms with Crippen LogP contribution in [0.5, 0.6) is 0 Å². The Morgan fingerprint density at radius 2 is 2.18 bits per heavy atom. The van der Waals surface area contributed by atoms with E-state index in [9.17, 15) is 0 Å². The van der Waals surface area contributed by atoms with E-state index < -0.39 is 0 Å². The molecule has 2 N–H and O–H groups in total. The van der Waals surface area contributed by atoms with Gasteiger partial charge >= 0.3 is 0 Å². The Hall–Kier alpha value is -0.420. The van der Waals surface area contributed by atoms with Crippen molar-refractivity contribution in [2.75, 3.05) is 25.4 Å². The van der Waals surface area contributed by atoms with Gasteiger partial charge in [-0.3, -0.25) is 4.99 Å². The molecule has 0 aromatic heterocycles. The largest absolute Gasteiger partial charge is 0.377 e. The molecule has 3 fully saturated rings. The first-order valence-electron chi connectivity index (χ1n) is 8.91. The molecule has 0 bridgehead atoms. The van der Waals surface area contributed by atoms with Crippen LogP contribution in [0.2, 0.25) is 0 Å². The molecule has 1 saturated carbocycles. The Morgan fingerprint density at radius 1 is 1.32 bits per heavy atom. The van der Waals surface area contributed by atoms with Gasteiger partial charge in [-0.05, 0) is 38.4 Å². The molecule has 2 saturated heterocycles. The van der Waals surface area contributed by atoms with E-state index in [4.69, 9.17) is 9.73 Å². The fourth-order valence-electron chi connectivity index (χ4n) is 4.26. The minimum absolute atomic E-state index is 0.198. The standard InChI is InChI=1S/C17H31N3OS/c1-4-18-16(19-11-12-7-6-10-22-12)20-14-13-8-5-9-21-15(13)17(14,2)3/h12-15H,4-11H2,1-3H3,(H2,18,19,20). The van der Waals surface area contributed by atoms with Crippen LogP contribution in [0.1, 0.15) is 46.5 Å². The summed E-state index contributed by atoms with van der Waals surface area (Å²) in [5.41, 5.74) is 0.198. The molecule has 0 aromatic rings. The molecule has 0 spiro atoms. The zero-order chi connectivity index (χ0) is 15.6. The molecule has 3 rings (SSSR count). The lowest BCUT2D eigenvalue weighted by molar-refractivity contribution is -0.188. The van der Waals surface area contributed by atoms with Crippen LogP contribution in [0.3, 0.4) is 0 Å². The van der Waals surface area contributed by atoms with Crippen molar-refractivity contribution < 1.29 is 4.74 Å². The Balaban J connectivity index is 1.61. The molecule has 0 radical (unpaired) electrons. The van der Waals surface area contributed by atoms with Gasteiger partial charge < -0.3 is 15.4 Å². The maximum Gasteiger partial charge on any atom is 0.191 e. The number of aliphatic imine (C=N–C) groups is 1. The smallest absolute Gasteiger partial charge is 0.191 e. The molecule has 22 heavy (non-hydrogen) atoms. The van der Waals surface area contributed by atoms with Gasteiger partial charge in [0.2, 0.25) is 0 Å². The van der Waals surface area contributed by atoms with Gasteiger partial charge in [0.1, 0.15) is 0 Å². The third-order valence-corrected chi connectivity index (χ3v) is 6.83. The quantitative estimate of drug-likeness (QED) is 0.616. The highest BCUT2D eigenvalue weighted by molar-refractivity contribution is 8.00. The third-order valence-electron chi connectivity index (χ3n) is 5.44. The van der Waals surface area contributed by atoms with Crippen LogP contribution in [0, 0.1) is 11.3 Å². The lowest BCUT2D eigenvalue weighted by atomic mass is 9.55. The van der Waals surface area contributed by atoms with Gasteiger partial charge in [-0.1, -0.05) is 13.8 Å². The monoisotopic (exact) mass is 325 g/mol. The van der Waals surface area contributed by atoms with Crippen molar-refractivity contribution >= 4 is 17.7 Å². The summed E-state index contributed by atoms with van der Waals surface area (Å²) < 4.78 is 6.00. The highest BCUT2D eigenvalue weighted by Gasteiger charge is 2.58. The summed E-state index contributed by atoms with van der Waals surface area (Å²) in [5.74, 6) is 2.95. The average molecular weight is 326 g/mol. The summed E-state index contributed by atoms with van der Waals surface area (Å²) >= 11 is 2.08. The van der Waals surface area contributed by atoms with Gasteiger partial charge in [0.15, 0.2) is 5.96 Å². The molecular formula is C17H31N3OS. The van der Waals surface area contributed by atoms with Crippen molar-refractivity contribution in [1.29, 1.82) is 0 Å². The molecular weight excluding hydrogens is 294 g/mol. The molecule has 5 heteroatoms. The first-order chi connectivity index (χ1) is 10.6. The number of thioether (sulfide) groups is 1. The Morgan fingerprint density at radius 3 is 2.91 bits per heavy atom. The fourth-order valence-corrected chi connectivity index (χ4v) is 5.44. The topological polar surface area (TPSA) is 45.7 Å². The number of fused-ring (bicyclic) bond motifs is 1. The van der Waals surface area contributed by atoms with Gasteiger partial charge in [0.25, 0.3) is 0 Å². The molecule has 4 unspecified atom stereocenters. The predicted molar refractivity (Wildman–Crippen MR) is 94.6 cm³/mol. The molecule has 4 nitrogen and oxygen atoms in total. The van der Waals surface area contributed by atoms with Gasteiger partial charge in [-0.2, -0.15) is 11.8 Å². The number of rotatable bonds is 4. The molecule has 3 aliphatic rings. The second-order valence-corrected chi connectivity index (χ2v) is 8.80. The van der Waals surface area contributed by atoms with E-state index in [2.05, 4.69) is 43.2 Å². The molecule has 4 atom stereocenters. The Bertz CT molecular complexity index is 407. The van der Waals surface area contributed by atoms with E-state index in [0.717, 1.165) is 30.9 Å². The van der Waals surface area contributed by atoms with Crippen LogP contribution in [0.25, 0.3) is 0 Å². The van der Waals surface area contributed by atoms with E-state index in [-0.39, 0.29) is 5.41 Å². The Kier molecular flexibility index (Phi) is 5.23. The molecule has 126 valence electrons. The zero-order valence-corrected chi connectivity index (χ0v) is 15.0. The first-order valence-corrected chi connectivity index (χ1v) is 9.96. The van der Waals surface area contributed by atoms with Gasteiger partial charge in [-0.15, -0.1) is 0 Å². The summed E-state index contributed by atoms with van der Waals surface area (Å²) in [7, 11) is 0. The van der Waals surface area contributed by atoms with Crippen molar-refractivity contribution in [3.05, 3.63) is 0 Å². The van der Waals surface area contributed by atoms with Crippen LogP contribution in [0.15, 0.2) is 4.99 Å². The molecule has 2 heterocycles. The normalized spacial score (nSPS) is 37.3. The van der Waals surface area contributed by atoms with Crippen molar-refractivity contribution in [2.45, 2.75) is 63.9 Å². The zero-order valence-electron chi connectivity index (χ0n) is 14.2. The number of hydrogen-bond donors (Lipinski definition) is 2. The summed E-state index contributed by atoms with van der Waals surface area (Å²) in [6.45, 7) is 9.59. The van der Waals surface area contributed by atoms with E-state index in [1.165, 1.54) is 31.4 Å². The second kappa shape index (κ2) is 7.00. The summed E-state index contributed by atoms with van der Waals surface area (Å²) in [4.78, 5) is 4.85. The van der Waals surface area contributed by atoms with Gasteiger partial charge in [0.05, 0.1) is 12.6 Å². The van der Waals surface area contributed by atoms with Crippen LogP contribution >= 0.6 is 11.8 Å². The highest BCUT2D eigenvalue weighted by Crippen LogP contribution is 2.51. The second-order valence-electron chi connectivity index (χ2n) is 7.40. The number of guanidine groups is 1. The third kappa shape index (κ3) is 3.25. The van der Waals surface area contributed by atoms with Crippen molar-refractivity contribution in [3.63, 3.8) is 0 Å². The van der Waals surface area contributed by atoms with E-state index in [1.807, 2.05) is 0 Å². The van der Waals surface area contributed by atoms with Crippen LogP contribution in [-0.4, -0.2) is 48.8 Å². The summed E-state index contributed by atoms with van der Waals surface area (Å²) in [5, 5.41) is 7.86. The number of nitrogens with zero attached hydrogens (tertiary/aromatic N) is 1. The van der Waals surface area contributed by atoms with E-state index in [0.29, 0.717) is 18.1 Å². The average Bonchev–Trinajstić information content (AvgIpc) is 3.03. The minimum Gasteiger partial charge on any atom is -0.377 e. The lowest BCUT2D eigenvalue weighted by Gasteiger charge is -2.60. The van der Waals surface area contributed by atoms with Crippen LogP contribution in [0.4, 0.5) is 0 Å². The molecule has 2 aliphatic heterocycles. The number of nitrogens with one attached hydrogen (secondary N) is 2. The SMILES string of the molecule is CCNC(=NCC1CCCS1)NC1C2CCCOC2C1(C)C. The minimum atomic E-state index is 0.198. The number of ether oxygens (including phenoxy) is 1. The fraction of sp³-hybridized carbons (Fsp3) is 0.941. The van der Waals surface area contributed by atoms with Gasteiger partial charge in [-0.25, -0.2) is 0 Å². The van der Waals surface area contributed by atoms with Crippen molar-refractivity contribution in [1.82, 2.24) is 10.6 Å². The molecule has 0 amide bonds. The summed E-state index contributed by atoms with van der Waals surface area (Å²) in [6.07, 6.45) is 5.57. The first kappa shape index (κ1) is 16.4. The predicted octanol–water partition coefficient (Wildman–Crippen LogP) is 2.64. The number of hydrogen-bond acceptors (Lipinski definition) is 3. The van der Waals surface area contributed by atoms with E-state index >= 15 is 0 Å².